The van der Waals surface area contributed by atoms with Crippen molar-refractivity contribution in [3.8, 4) is 28.3 Å². The summed E-state index contributed by atoms with van der Waals surface area (Å²) in [4.78, 5) is 52.9. The second-order valence-corrected chi connectivity index (χ2v) is 21.8. The van der Waals surface area contributed by atoms with E-state index in [-0.39, 0.29) is 72.2 Å². The zero-order valence-corrected chi connectivity index (χ0v) is 42.6. The molecule has 0 spiro atoms. The molecule has 0 bridgehead atoms. The molecule has 8 rings (SSSR count). The van der Waals surface area contributed by atoms with E-state index in [1.807, 2.05) is 43.6 Å². The number of ether oxygens (including phenoxy) is 2. The van der Waals surface area contributed by atoms with Gasteiger partial charge in [-0.25, -0.2) is 4.98 Å². The van der Waals surface area contributed by atoms with Gasteiger partial charge in [0.05, 0.1) is 59.1 Å². The number of aromatic nitrogens is 1. The van der Waals surface area contributed by atoms with E-state index >= 15 is 0 Å². The average Bonchev–Trinajstić information content (AvgIpc) is 3.96. The molecule has 1 aliphatic carbocycles. The minimum atomic E-state index is -0.867. The molecule has 3 aromatic carbocycles. The zero-order chi connectivity index (χ0) is 50.6. The second kappa shape index (κ2) is 21.7. The largest absolute Gasteiger partial charge is 0.489 e. The summed E-state index contributed by atoms with van der Waals surface area (Å²) in [6, 6.07) is 23.8. The lowest BCUT2D eigenvalue weighted by Gasteiger charge is -2.63. The van der Waals surface area contributed by atoms with Crippen molar-refractivity contribution in [3.05, 3.63) is 112 Å². The predicted molar refractivity (Wildman–Crippen MR) is 273 cm³/mol. The topological polar surface area (TPSA) is 196 Å². The molecule has 16 heteroatoms. The lowest BCUT2D eigenvalue weighted by atomic mass is 9.49. The fourth-order valence-electron chi connectivity index (χ4n) is 11.2. The Bertz CT molecular complexity index is 2640. The van der Waals surface area contributed by atoms with E-state index in [4.69, 9.17) is 9.47 Å². The third-order valence-corrected chi connectivity index (χ3v) is 16.1. The van der Waals surface area contributed by atoms with Gasteiger partial charge in [0.15, 0.2) is 0 Å². The van der Waals surface area contributed by atoms with Crippen LogP contribution in [0.5, 0.6) is 5.75 Å². The van der Waals surface area contributed by atoms with Gasteiger partial charge in [-0.05, 0) is 73.7 Å². The lowest BCUT2D eigenvalue weighted by molar-refractivity contribution is -0.163. The lowest BCUT2D eigenvalue weighted by Crippen LogP contribution is -2.73. The number of nitrogens with zero attached hydrogens (tertiary/aromatic N) is 6. The first-order valence-corrected chi connectivity index (χ1v) is 25.6. The van der Waals surface area contributed by atoms with Gasteiger partial charge in [-0.2, -0.15) is 10.5 Å². The van der Waals surface area contributed by atoms with E-state index in [1.165, 1.54) is 10.5 Å². The molecule has 4 aromatic rings. The SMILES string of the molecule is C=C(NC1C(C)(C)C(Oc2ccc(C#N)c(C#N)c2)C1(C)C)c1ccc(CCCN2CCN(CC(=O)N[C@@H](C(=O)N3C[C@H](O)C[C@H]3C(=O)N[C@@H](C)c3ccc(-c4scnc4C)cc3)C3COC3)CC2)cc1. The summed E-state index contributed by atoms with van der Waals surface area (Å²) < 4.78 is 11.9. The highest BCUT2D eigenvalue weighted by atomic mass is 32.1. The van der Waals surface area contributed by atoms with Crippen molar-refractivity contribution in [1.82, 2.24) is 35.6 Å². The summed E-state index contributed by atoms with van der Waals surface area (Å²) in [5.74, 6) is -0.602. The van der Waals surface area contributed by atoms with Crippen LogP contribution in [0.15, 0.2) is 78.8 Å². The van der Waals surface area contributed by atoms with Crippen LogP contribution in [-0.4, -0.2) is 132 Å². The summed E-state index contributed by atoms with van der Waals surface area (Å²) in [5, 5.41) is 39.3. The van der Waals surface area contributed by atoms with Gasteiger partial charge in [0.1, 0.15) is 36.1 Å². The Labute approximate surface area is 421 Å². The number of carbonyl (C=O) groups excluding carboxylic acids is 3. The number of aliphatic hydroxyl groups is 1. The van der Waals surface area contributed by atoms with Crippen LogP contribution in [0, 0.1) is 46.3 Å². The maximum absolute atomic E-state index is 14.2. The third-order valence-electron chi connectivity index (χ3n) is 15.1. The third kappa shape index (κ3) is 11.3. The molecule has 1 saturated carbocycles. The molecule has 4 N–H and O–H groups in total. The molecule has 71 heavy (non-hydrogen) atoms. The zero-order valence-electron chi connectivity index (χ0n) is 41.7. The Morgan fingerprint density at radius 2 is 1.62 bits per heavy atom. The van der Waals surface area contributed by atoms with Crippen molar-refractivity contribution >= 4 is 34.8 Å². The molecule has 0 radical (unpaired) electrons. The number of likely N-dealkylation sites (tertiary alicyclic amines) is 1. The molecular formula is C55H67N9O6S. The highest BCUT2D eigenvalue weighted by Gasteiger charge is 2.63. The molecule has 4 aliphatic rings. The van der Waals surface area contributed by atoms with Gasteiger partial charge in [-0.1, -0.05) is 82.8 Å². The number of hydrogen-bond donors (Lipinski definition) is 4. The van der Waals surface area contributed by atoms with Crippen molar-refractivity contribution in [2.75, 3.05) is 59.0 Å². The van der Waals surface area contributed by atoms with E-state index in [2.05, 4.69) is 101 Å². The van der Waals surface area contributed by atoms with E-state index in [1.54, 1.807) is 29.5 Å². The number of carbonyl (C=O) groups is 3. The smallest absolute Gasteiger partial charge is 0.246 e. The van der Waals surface area contributed by atoms with Gasteiger partial charge in [0, 0.05) is 67.6 Å². The van der Waals surface area contributed by atoms with E-state index in [9.17, 15) is 30.0 Å². The normalized spacial score (nSPS) is 22.7. The number of nitrogens with one attached hydrogen (secondary N) is 3. The van der Waals surface area contributed by atoms with E-state index in [0.717, 1.165) is 78.5 Å². The van der Waals surface area contributed by atoms with Crippen molar-refractivity contribution in [2.24, 2.45) is 16.7 Å². The van der Waals surface area contributed by atoms with Crippen LogP contribution in [-0.2, 0) is 25.5 Å². The number of nitriles is 2. The first-order valence-electron chi connectivity index (χ1n) is 24.7. The van der Waals surface area contributed by atoms with Gasteiger partial charge in [0.2, 0.25) is 17.7 Å². The van der Waals surface area contributed by atoms with Crippen LogP contribution in [0.1, 0.15) is 87.0 Å². The second-order valence-electron chi connectivity index (χ2n) is 20.9. The van der Waals surface area contributed by atoms with Gasteiger partial charge in [-0.3, -0.25) is 19.3 Å². The number of aliphatic hydroxyl groups excluding tert-OH is 1. The molecule has 0 unspecified atom stereocenters. The Balaban J connectivity index is 0.759. The van der Waals surface area contributed by atoms with Gasteiger partial charge in [-0.15, -0.1) is 11.3 Å². The Morgan fingerprint density at radius 3 is 2.24 bits per heavy atom. The van der Waals surface area contributed by atoms with Crippen LogP contribution < -0.4 is 20.7 Å². The minimum Gasteiger partial charge on any atom is -0.489 e. The Hall–Kier alpha value is -6.14. The van der Waals surface area contributed by atoms with Crippen LogP contribution in [0.3, 0.4) is 0 Å². The molecule has 1 aromatic heterocycles. The summed E-state index contributed by atoms with van der Waals surface area (Å²) in [5.41, 5.74) is 8.05. The van der Waals surface area contributed by atoms with Crippen molar-refractivity contribution < 1.29 is 29.0 Å². The van der Waals surface area contributed by atoms with Gasteiger partial charge in [0.25, 0.3) is 0 Å². The quantitative estimate of drug-likeness (QED) is 0.0934. The monoisotopic (exact) mass is 981 g/mol. The summed E-state index contributed by atoms with van der Waals surface area (Å²) in [6.45, 7) is 21.9. The highest BCUT2D eigenvalue weighted by Crippen LogP contribution is 2.56. The average molecular weight is 982 g/mol. The Kier molecular flexibility index (Phi) is 15.6. The van der Waals surface area contributed by atoms with Crippen molar-refractivity contribution in [3.63, 3.8) is 0 Å². The molecule has 15 nitrogen and oxygen atoms in total. The molecule has 4 heterocycles. The molecular weight excluding hydrogens is 915 g/mol. The molecule has 4 fully saturated rings. The number of amides is 3. The summed E-state index contributed by atoms with van der Waals surface area (Å²) in [7, 11) is 0. The first-order chi connectivity index (χ1) is 34.0. The molecule has 3 aliphatic heterocycles. The number of hydrogen-bond acceptors (Lipinski definition) is 13. The standard InChI is InChI=1S/C55H67N9O6S/c1-34(39-14-16-40(17-15-39)49-36(3)58-33-71-49)59-50(67)46-26-44(65)29-64(46)51(68)48(43-31-69-32-43)61-47(66)30-63-23-21-62(22-24-63)20-8-9-37-10-12-38(13-11-37)35(2)60-52-54(4,5)53(55(52,6)7)70-45-19-18-41(27-56)42(25-45)28-57/h10-19,25,33-34,43-44,46,48,52-53,60,65H,2,8-9,20-24,26,29-32H2,1,3-7H3,(H,59,67)(H,61,66)/t34-,44+,46-,48+,52?,53?/m0/s1. The number of β-amino-alcohol motifs (C(OH)–C–C–N with tert-alkyl or cyclic N) is 1. The van der Waals surface area contributed by atoms with Crippen LogP contribution in [0.2, 0.25) is 0 Å². The molecule has 374 valence electrons. The number of thiazole rings is 1. The molecule has 4 atom stereocenters. The van der Waals surface area contributed by atoms with Crippen molar-refractivity contribution in [2.45, 2.75) is 97.2 Å². The summed E-state index contributed by atoms with van der Waals surface area (Å²) >= 11 is 1.58. The van der Waals surface area contributed by atoms with Crippen LogP contribution in [0.4, 0.5) is 0 Å². The first kappa shape index (κ1) is 51.2. The highest BCUT2D eigenvalue weighted by molar-refractivity contribution is 7.13. The molecule has 3 saturated heterocycles. The van der Waals surface area contributed by atoms with Crippen LogP contribution in [0.25, 0.3) is 16.1 Å². The fourth-order valence-corrected chi connectivity index (χ4v) is 12.0. The van der Waals surface area contributed by atoms with E-state index in [0.29, 0.717) is 30.1 Å². The molecule has 3 amide bonds. The maximum atomic E-state index is 14.2. The fraction of sp³-hybridized carbons (Fsp3) is 0.491. The predicted octanol–water partition coefficient (Wildman–Crippen LogP) is 5.82. The maximum Gasteiger partial charge on any atom is 0.246 e. The van der Waals surface area contributed by atoms with Gasteiger partial charge >= 0.3 is 0 Å². The van der Waals surface area contributed by atoms with Crippen LogP contribution >= 0.6 is 11.3 Å². The minimum absolute atomic E-state index is 0.0151. The number of benzene rings is 3. The number of aryl methyl sites for hydroxylation is 2. The number of piperazine rings is 1. The summed E-state index contributed by atoms with van der Waals surface area (Å²) in [6.07, 6.45) is 1.06. The number of rotatable bonds is 18. The Morgan fingerprint density at radius 1 is 0.944 bits per heavy atom. The van der Waals surface area contributed by atoms with Crippen molar-refractivity contribution in [1.29, 1.82) is 10.5 Å². The van der Waals surface area contributed by atoms with Gasteiger partial charge < -0.3 is 40.3 Å². The van der Waals surface area contributed by atoms with E-state index < -0.39 is 18.2 Å².